The lowest BCUT2D eigenvalue weighted by molar-refractivity contribution is 0.461. The van der Waals surface area contributed by atoms with Gasteiger partial charge in [-0.3, -0.25) is 4.98 Å². The molecule has 4 nitrogen and oxygen atoms in total. The van der Waals surface area contributed by atoms with E-state index in [4.69, 9.17) is 9.68 Å². The second-order valence-electron chi connectivity index (χ2n) is 3.03. The van der Waals surface area contributed by atoms with Gasteiger partial charge in [0, 0.05) is 6.20 Å². The number of rotatable bonds is 2. The maximum absolute atomic E-state index is 9.85. The van der Waals surface area contributed by atoms with Crippen LogP contribution in [-0.4, -0.2) is 10.1 Å². The number of hydrogen-bond acceptors (Lipinski definition) is 4. The third-order valence-corrected chi connectivity index (χ3v) is 2.02. The van der Waals surface area contributed by atoms with Crippen LogP contribution in [0.3, 0.4) is 0 Å². The quantitative estimate of drug-likeness (QED) is 0.613. The SMILES string of the molecule is N#C/C(=C(/O)c1ccco1)c1ccccn1. The molecule has 0 aliphatic rings. The zero-order valence-electron chi connectivity index (χ0n) is 8.29. The van der Waals surface area contributed by atoms with E-state index >= 15 is 0 Å². The van der Waals surface area contributed by atoms with Crippen LogP contribution < -0.4 is 0 Å². The van der Waals surface area contributed by atoms with Gasteiger partial charge in [-0.1, -0.05) is 6.07 Å². The van der Waals surface area contributed by atoms with Crippen molar-refractivity contribution in [2.75, 3.05) is 0 Å². The number of furan rings is 1. The third-order valence-electron chi connectivity index (χ3n) is 2.02. The third kappa shape index (κ3) is 1.79. The molecule has 0 bridgehead atoms. The van der Waals surface area contributed by atoms with Crippen LogP contribution in [0.2, 0.25) is 0 Å². The summed E-state index contributed by atoms with van der Waals surface area (Å²) in [5.74, 6) is 0.0494. The van der Waals surface area contributed by atoms with Gasteiger partial charge in [0.15, 0.2) is 11.5 Å². The van der Waals surface area contributed by atoms with E-state index in [1.807, 2.05) is 6.07 Å². The Balaban J connectivity index is 2.52. The zero-order valence-corrected chi connectivity index (χ0v) is 8.29. The predicted octanol–water partition coefficient (Wildman–Crippen LogP) is 2.62. The molecule has 0 unspecified atom stereocenters. The first kappa shape index (κ1) is 9.99. The number of nitrogens with zero attached hydrogens (tertiary/aromatic N) is 2. The summed E-state index contributed by atoms with van der Waals surface area (Å²) in [6, 6.07) is 10.3. The molecule has 78 valence electrons. The van der Waals surface area contributed by atoms with E-state index in [9.17, 15) is 5.11 Å². The lowest BCUT2D eigenvalue weighted by atomic mass is 10.1. The normalized spacial score (nSPS) is 11.7. The average Bonchev–Trinajstić information content (AvgIpc) is 2.85. The van der Waals surface area contributed by atoms with E-state index in [1.54, 1.807) is 36.5 Å². The van der Waals surface area contributed by atoms with Crippen molar-refractivity contribution in [3.8, 4) is 6.07 Å². The van der Waals surface area contributed by atoms with Crippen LogP contribution >= 0.6 is 0 Å². The molecule has 2 heterocycles. The highest BCUT2D eigenvalue weighted by molar-refractivity contribution is 5.91. The minimum Gasteiger partial charge on any atom is -0.503 e. The van der Waals surface area contributed by atoms with E-state index in [0.29, 0.717) is 5.69 Å². The Labute approximate surface area is 92.1 Å². The first-order chi connectivity index (χ1) is 7.83. The van der Waals surface area contributed by atoms with Gasteiger partial charge in [0.1, 0.15) is 11.6 Å². The summed E-state index contributed by atoms with van der Waals surface area (Å²) < 4.78 is 5.01. The van der Waals surface area contributed by atoms with E-state index < -0.39 is 0 Å². The first-order valence-corrected chi connectivity index (χ1v) is 4.61. The summed E-state index contributed by atoms with van der Waals surface area (Å²) in [5.41, 5.74) is 0.509. The van der Waals surface area contributed by atoms with E-state index in [1.165, 1.54) is 6.26 Å². The van der Waals surface area contributed by atoms with Crippen LogP contribution in [-0.2, 0) is 0 Å². The van der Waals surface area contributed by atoms with Crippen molar-refractivity contribution in [2.45, 2.75) is 0 Å². The highest BCUT2D eigenvalue weighted by Crippen LogP contribution is 2.22. The molecule has 0 spiro atoms. The van der Waals surface area contributed by atoms with Gasteiger partial charge in [-0.15, -0.1) is 0 Å². The molecule has 0 aliphatic carbocycles. The average molecular weight is 212 g/mol. The highest BCUT2D eigenvalue weighted by Gasteiger charge is 2.12. The number of aliphatic hydroxyl groups is 1. The van der Waals surface area contributed by atoms with Crippen LogP contribution in [0, 0.1) is 11.3 Å². The molecule has 2 rings (SSSR count). The fraction of sp³-hybridized carbons (Fsp3) is 0. The maximum Gasteiger partial charge on any atom is 0.178 e. The van der Waals surface area contributed by atoms with Gasteiger partial charge in [-0.25, -0.2) is 0 Å². The summed E-state index contributed by atoms with van der Waals surface area (Å²) in [4.78, 5) is 4.00. The number of nitriles is 1. The molecule has 1 N–H and O–H groups in total. The molecule has 0 saturated carbocycles. The molecular formula is C12H8N2O2. The second-order valence-corrected chi connectivity index (χ2v) is 3.03. The summed E-state index contributed by atoms with van der Waals surface area (Å²) in [6.45, 7) is 0. The van der Waals surface area contributed by atoms with Gasteiger partial charge < -0.3 is 9.52 Å². The Hall–Kier alpha value is -2.54. The Bertz CT molecular complexity index is 536. The first-order valence-electron chi connectivity index (χ1n) is 4.61. The minimum atomic E-state index is -0.203. The van der Waals surface area contributed by atoms with Crippen LogP contribution in [0.1, 0.15) is 11.5 Å². The Morgan fingerprint density at radius 1 is 1.31 bits per heavy atom. The van der Waals surface area contributed by atoms with E-state index in [0.717, 1.165) is 0 Å². The Morgan fingerprint density at radius 2 is 2.19 bits per heavy atom. The second kappa shape index (κ2) is 4.32. The van der Waals surface area contributed by atoms with Crippen LogP contribution in [0.15, 0.2) is 47.2 Å². The van der Waals surface area contributed by atoms with Crippen molar-refractivity contribution in [2.24, 2.45) is 0 Å². The highest BCUT2D eigenvalue weighted by atomic mass is 16.4. The zero-order chi connectivity index (χ0) is 11.4. The smallest absolute Gasteiger partial charge is 0.178 e. The topological polar surface area (TPSA) is 70.0 Å². The number of aliphatic hydroxyl groups excluding tert-OH is 1. The van der Waals surface area contributed by atoms with Crippen LogP contribution in [0.25, 0.3) is 11.3 Å². The van der Waals surface area contributed by atoms with Crippen LogP contribution in [0.4, 0.5) is 0 Å². The molecule has 0 aromatic carbocycles. The van der Waals surface area contributed by atoms with Crippen LogP contribution in [0.5, 0.6) is 0 Å². The molecule has 0 fully saturated rings. The molecular weight excluding hydrogens is 204 g/mol. The standard InChI is InChI=1S/C12H8N2O2/c13-8-9(10-4-1-2-6-14-10)12(15)11-5-3-7-16-11/h1-7,15H/b12-9-. The van der Waals surface area contributed by atoms with Crippen molar-refractivity contribution in [1.29, 1.82) is 5.26 Å². The molecule has 0 amide bonds. The molecule has 0 aliphatic heterocycles. The predicted molar refractivity (Wildman–Crippen MR) is 58.0 cm³/mol. The van der Waals surface area contributed by atoms with Gasteiger partial charge in [-0.2, -0.15) is 5.26 Å². The van der Waals surface area contributed by atoms with Gasteiger partial charge in [0.25, 0.3) is 0 Å². The van der Waals surface area contributed by atoms with E-state index in [-0.39, 0.29) is 17.1 Å². The van der Waals surface area contributed by atoms with Gasteiger partial charge in [-0.05, 0) is 24.3 Å². The molecule has 0 atom stereocenters. The summed E-state index contributed by atoms with van der Waals surface area (Å²) >= 11 is 0. The fourth-order valence-electron chi connectivity index (χ4n) is 1.28. The van der Waals surface area contributed by atoms with Crippen molar-refractivity contribution in [1.82, 2.24) is 4.98 Å². The fourth-order valence-corrected chi connectivity index (χ4v) is 1.28. The molecule has 2 aromatic heterocycles. The van der Waals surface area contributed by atoms with E-state index in [2.05, 4.69) is 4.98 Å². The Morgan fingerprint density at radius 3 is 2.75 bits per heavy atom. The molecule has 4 heteroatoms. The van der Waals surface area contributed by atoms with Crippen molar-refractivity contribution < 1.29 is 9.52 Å². The lowest BCUT2D eigenvalue weighted by Crippen LogP contribution is -1.91. The number of aromatic nitrogens is 1. The number of pyridine rings is 1. The monoisotopic (exact) mass is 212 g/mol. The Kier molecular flexibility index (Phi) is 2.70. The minimum absolute atomic E-state index is 0.0931. The number of allylic oxidation sites excluding steroid dienone is 1. The largest absolute Gasteiger partial charge is 0.503 e. The van der Waals surface area contributed by atoms with Gasteiger partial charge >= 0.3 is 0 Å². The van der Waals surface area contributed by atoms with Crippen molar-refractivity contribution >= 4 is 11.3 Å². The molecule has 16 heavy (non-hydrogen) atoms. The lowest BCUT2D eigenvalue weighted by Gasteiger charge is -2.00. The van der Waals surface area contributed by atoms with Crippen molar-refractivity contribution in [3.05, 3.63) is 54.2 Å². The number of hydrogen-bond donors (Lipinski definition) is 1. The summed E-state index contributed by atoms with van der Waals surface area (Å²) in [7, 11) is 0. The molecule has 0 saturated heterocycles. The summed E-state index contributed by atoms with van der Waals surface area (Å²) in [6.07, 6.45) is 2.99. The van der Waals surface area contributed by atoms with Gasteiger partial charge in [0.2, 0.25) is 0 Å². The maximum atomic E-state index is 9.85. The molecule has 2 aromatic rings. The van der Waals surface area contributed by atoms with Gasteiger partial charge in [0.05, 0.1) is 12.0 Å². The van der Waals surface area contributed by atoms with Crippen molar-refractivity contribution in [3.63, 3.8) is 0 Å². The summed E-state index contributed by atoms with van der Waals surface area (Å²) in [5, 5.41) is 18.8. The molecule has 0 radical (unpaired) electrons.